The normalized spacial score (nSPS) is 9.68. The molecule has 0 amide bonds. The fourth-order valence-corrected chi connectivity index (χ4v) is 2.04. The summed E-state index contributed by atoms with van der Waals surface area (Å²) in [5.74, 6) is 0.138. The predicted molar refractivity (Wildman–Crippen MR) is 82.6 cm³/mol. The van der Waals surface area contributed by atoms with Crippen LogP contribution in [0.1, 0.15) is 5.56 Å². The first-order valence-corrected chi connectivity index (χ1v) is 6.67. The van der Waals surface area contributed by atoms with Crippen LogP contribution < -0.4 is 5.32 Å². The Bertz CT molecular complexity index is 542. The lowest BCUT2D eigenvalue weighted by molar-refractivity contribution is 0.449. The minimum absolute atomic E-state index is 0.0506. The van der Waals surface area contributed by atoms with Crippen LogP contribution >= 0.6 is 15.9 Å². The number of rotatable bonds is 1. The zero-order valence-electron chi connectivity index (χ0n) is 11.2. The number of hydrogen-bond donors (Lipinski definition) is 3. The van der Waals surface area contributed by atoms with E-state index in [1.807, 2.05) is 51.4 Å². The van der Waals surface area contributed by atoms with E-state index in [0.717, 1.165) is 16.7 Å². The highest BCUT2D eigenvalue weighted by Gasteiger charge is 2.13. The van der Waals surface area contributed by atoms with Crippen LogP contribution in [0.5, 0.6) is 11.5 Å². The first kappa shape index (κ1) is 15.5. The fraction of sp³-hybridized carbons (Fsp3) is 0.200. The molecule has 0 bridgehead atoms. The summed E-state index contributed by atoms with van der Waals surface area (Å²) in [6.45, 7) is 1.85. The highest BCUT2D eigenvalue weighted by molar-refractivity contribution is 9.10. The molecule has 0 aliphatic heterocycles. The third-order valence-corrected chi connectivity index (χ3v) is 3.52. The van der Waals surface area contributed by atoms with Crippen molar-refractivity contribution in [3.8, 4) is 22.6 Å². The van der Waals surface area contributed by atoms with Crippen LogP contribution in [0.2, 0.25) is 0 Å². The Morgan fingerprint density at radius 2 is 1.53 bits per heavy atom. The Hall–Kier alpha value is -1.52. The average molecular weight is 324 g/mol. The van der Waals surface area contributed by atoms with Crippen molar-refractivity contribution in [3.63, 3.8) is 0 Å². The van der Waals surface area contributed by atoms with Crippen molar-refractivity contribution < 1.29 is 10.2 Å². The molecule has 2 rings (SSSR count). The molecule has 0 atom stereocenters. The van der Waals surface area contributed by atoms with Crippen molar-refractivity contribution in [1.82, 2.24) is 5.32 Å². The van der Waals surface area contributed by atoms with Gasteiger partial charge in [-0.2, -0.15) is 0 Å². The number of aromatic hydroxyl groups is 2. The minimum atomic E-state index is 0.0506. The van der Waals surface area contributed by atoms with Crippen LogP contribution in [0.15, 0.2) is 40.9 Å². The second-order valence-electron chi connectivity index (χ2n) is 4.09. The van der Waals surface area contributed by atoms with Crippen LogP contribution in [0.3, 0.4) is 0 Å². The van der Waals surface area contributed by atoms with Gasteiger partial charge in [-0.1, -0.05) is 30.3 Å². The number of halogens is 1. The Kier molecular flexibility index (Phi) is 5.86. The van der Waals surface area contributed by atoms with E-state index in [1.165, 1.54) is 6.07 Å². The lowest BCUT2D eigenvalue weighted by Crippen LogP contribution is -1.89. The third kappa shape index (κ3) is 3.72. The standard InChI is InChI=1S/C13H11BrO2.C2H7N/c1-8-12(9-5-3-2-4-6-9)10(15)7-11(16)13(8)14;1-3-2/h2-7,15-16H,1H3;3H,1-2H3. The predicted octanol–water partition coefficient (Wildman–Crippen LogP) is 3.67. The van der Waals surface area contributed by atoms with Gasteiger partial charge in [0, 0.05) is 11.6 Å². The van der Waals surface area contributed by atoms with Crippen LogP contribution in [0.4, 0.5) is 0 Å². The molecule has 3 N–H and O–H groups in total. The molecule has 2 aromatic carbocycles. The average Bonchev–Trinajstić information content (AvgIpc) is 2.38. The first-order chi connectivity index (χ1) is 9.02. The maximum Gasteiger partial charge on any atom is 0.133 e. The molecule has 0 unspecified atom stereocenters. The zero-order chi connectivity index (χ0) is 14.4. The number of phenolic OH excluding ortho intramolecular Hbond substituents is 2. The SMILES string of the molecule is CNC.Cc1c(Br)c(O)cc(O)c1-c1ccccc1. The molecule has 102 valence electrons. The lowest BCUT2D eigenvalue weighted by Gasteiger charge is -2.11. The van der Waals surface area contributed by atoms with Gasteiger partial charge in [-0.3, -0.25) is 0 Å². The van der Waals surface area contributed by atoms with Gasteiger partial charge in [0.15, 0.2) is 0 Å². The van der Waals surface area contributed by atoms with E-state index in [0.29, 0.717) is 4.47 Å². The van der Waals surface area contributed by atoms with E-state index >= 15 is 0 Å². The highest BCUT2D eigenvalue weighted by atomic mass is 79.9. The van der Waals surface area contributed by atoms with Crippen molar-refractivity contribution in [3.05, 3.63) is 46.4 Å². The van der Waals surface area contributed by atoms with Gasteiger partial charge in [0.2, 0.25) is 0 Å². The van der Waals surface area contributed by atoms with Crippen molar-refractivity contribution in [2.45, 2.75) is 6.92 Å². The maximum absolute atomic E-state index is 9.87. The maximum atomic E-state index is 9.87. The molecule has 0 aromatic heterocycles. The zero-order valence-corrected chi connectivity index (χ0v) is 12.8. The molecular weight excluding hydrogens is 306 g/mol. The van der Waals surface area contributed by atoms with Crippen molar-refractivity contribution in [2.75, 3.05) is 14.1 Å². The Labute approximate surface area is 122 Å². The molecule has 0 aliphatic carbocycles. The molecule has 19 heavy (non-hydrogen) atoms. The van der Waals surface area contributed by atoms with E-state index in [9.17, 15) is 10.2 Å². The van der Waals surface area contributed by atoms with E-state index in [-0.39, 0.29) is 11.5 Å². The lowest BCUT2D eigenvalue weighted by atomic mass is 9.99. The number of benzene rings is 2. The molecule has 3 nitrogen and oxygen atoms in total. The summed E-state index contributed by atoms with van der Waals surface area (Å²) in [5.41, 5.74) is 2.49. The van der Waals surface area contributed by atoms with Crippen LogP contribution in [0, 0.1) is 6.92 Å². The van der Waals surface area contributed by atoms with Gasteiger partial charge in [0.25, 0.3) is 0 Å². The summed E-state index contributed by atoms with van der Waals surface area (Å²) in [6, 6.07) is 10.9. The van der Waals surface area contributed by atoms with Gasteiger partial charge >= 0.3 is 0 Å². The van der Waals surface area contributed by atoms with Crippen LogP contribution in [0.25, 0.3) is 11.1 Å². The second-order valence-corrected chi connectivity index (χ2v) is 4.89. The molecule has 0 radical (unpaired) electrons. The smallest absolute Gasteiger partial charge is 0.133 e. The molecule has 0 saturated carbocycles. The van der Waals surface area contributed by atoms with E-state index < -0.39 is 0 Å². The quantitative estimate of drug-likeness (QED) is 0.750. The fourth-order valence-electron chi connectivity index (χ4n) is 1.73. The molecular formula is C15H18BrNO2. The summed E-state index contributed by atoms with van der Waals surface area (Å²) in [5, 5.41) is 22.2. The molecule has 0 heterocycles. The van der Waals surface area contributed by atoms with Crippen molar-refractivity contribution >= 4 is 15.9 Å². The van der Waals surface area contributed by atoms with Gasteiger partial charge in [-0.05, 0) is 48.1 Å². The Morgan fingerprint density at radius 1 is 1.00 bits per heavy atom. The van der Waals surface area contributed by atoms with Gasteiger partial charge in [0.05, 0.1) is 4.47 Å². The Morgan fingerprint density at radius 3 is 2.05 bits per heavy atom. The van der Waals surface area contributed by atoms with Crippen molar-refractivity contribution in [2.24, 2.45) is 0 Å². The second kappa shape index (κ2) is 7.16. The first-order valence-electron chi connectivity index (χ1n) is 5.87. The number of nitrogens with one attached hydrogen (secondary N) is 1. The molecule has 0 saturated heterocycles. The number of phenols is 2. The topological polar surface area (TPSA) is 52.5 Å². The Balaban J connectivity index is 0.000000550. The molecule has 0 spiro atoms. The highest BCUT2D eigenvalue weighted by Crippen LogP contribution is 2.41. The molecule has 0 fully saturated rings. The van der Waals surface area contributed by atoms with Gasteiger partial charge < -0.3 is 15.5 Å². The van der Waals surface area contributed by atoms with Crippen LogP contribution in [-0.2, 0) is 0 Å². The largest absolute Gasteiger partial charge is 0.507 e. The number of hydrogen-bond acceptors (Lipinski definition) is 3. The van der Waals surface area contributed by atoms with E-state index in [4.69, 9.17) is 0 Å². The minimum Gasteiger partial charge on any atom is -0.507 e. The third-order valence-electron chi connectivity index (χ3n) is 2.52. The van der Waals surface area contributed by atoms with E-state index in [1.54, 1.807) is 0 Å². The van der Waals surface area contributed by atoms with Gasteiger partial charge in [-0.25, -0.2) is 0 Å². The summed E-state index contributed by atoms with van der Waals surface area (Å²) >= 11 is 3.30. The van der Waals surface area contributed by atoms with E-state index in [2.05, 4.69) is 21.2 Å². The van der Waals surface area contributed by atoms with Gasteiger partial charge in [-0.15, -0.1) is 0 Å². The summed E-state index contributed by atoms with van der Waals surface area (Å²) < 4.78 is 0.615. The summed E-state index contributed by atoms with van der Waals surface area (Å²) in [7, 11) is 3.75. The summed E-state index contributed by atoms with van der Waals surface area (Å²) in [6.07, 6.45) is 0. The monoisotopic (exact) mass is 323 g/mol. The summed E-state index contributed by atoms with van der Waals surface area (Å²) in [4.78, 5) is 0. The van der Waals surface area contributed by atoms with Crippen molar-refractivity contribution in [1.29, 1.82) is 0 Å². The van der Waals surface area contributed by atoms with Crippen LogP contribution in [-0.4, -0.2) is 24.3 Å². The molecule has 0 aliphatic rings. The van der Waals surface area contributed by atoms with Gasteiger partial charge in [0.1, 0.15) is 11.5 Å². The molecule has 4 heteroatoms. The molecule has 2 aromatic rings.